The molecule has 19 heavy (non-hydrogen) atoms. The number of fused-ring (bicyclic) bond motifs is 1. The molecule has 0 fully saturated rings. The number of carbonyl (C=O) groups is 1. The highest BCUT2D eigenvalue weighted by molar-refractivity contribution is 6.03. The lowest BCUT2D eigenvalue weighted by Gasteiger charge is -2.28. The molecule has 1 unspecified atom stereocenters. The fourth-order valence-corrected chi connectivity index (χ4v) is 2.39. The summed E-state index contributed by atoms with van der Waals surface area (Å²) >= 11 is 0. The van der Waals surface area contributed by atoms with Crippen LogP contribution in [0.25, 0.3) is 0 Å². The van der Waals surface area contributed by atoms with Gasteiger partial charge in [-0.15, -0.1) is 0 Å². The van der Waals surface area contributed by atoms with E-state index in [4.69, 9.17) is 0 Å². The molecule has 1 aromatic carbocycles. The third-order valence-corrected chi connectivity index (χ3v) is 3.37. The number of ketones is 1. The molecule has 0 saturated heterocycles. The summed E-state index contributed by atoms with van der Waals surface area (Å²) in [7, 11) is 0. The third kappa shape index (κ3) is 1.95. The predicted octanol–water partition coefficient (Wildman–Crippen LogP) is 3.23. The van der Waals surface area contributed by atoms with Gasteiger partial charge in [0.25, 0.3) is 0 Å². The van der Waals surface area contributed by atoms with Crippen LogP contribution in [0.3, 0.4) is 0 Å². The van der Waals surface area contributed by atoms with Crippen molar-refractivity contribution in [3.05, 3.63) is 53.3 Å². The van der Waals surface area contributed by atoms with Gasteiger partial charge in [-0.3, -0.25) is 4.79 Å². The van der Waals surface area contributed by atoms with Crippen molar-refractivity contribution in [1.29, 1.82) is 0 Å². The molecular formula is C14H10F3NO. The van der Waals surface area contributed by atoms with E-state index in [0.29, 0.717) is 5.70 Å². The first-order valence-corrected chi connectivity index (χ1v) is 5.84. The van der Waals surface area contributed by atoms with Gasteiger partial charge >= 0.3 is 6.18 Å². The monoisotopic (exact) mass is 265 g/mol. The number of allylic oxidation sites excluding steroid dienone is 3. The lowest BCUT2D eigenvalue weighted by atomic mass is 9.84. The molecule has 1 aromatic rings. The summed E-state index contributed by atoms with van der Waals surface area (Å²) in [6.07, 6.45) is -2.01. The first kappa shape index (κ1) is 12.0. The standard InChI is InChI=1S/C14H10F3NO/c15-14(16,17)10-5-6-12-9(13(10)19)7-8-3-1-2-4-11(8)18-12/h1-6,10,18H,7H2. The second-order valence-corrected chi connectivity index (χ2v) is 4.59. The molecule has 2 nitrogen and oxygen atoms in total. The Morgan fingerprint density at radius 3 is 2.68 bits per heavy atom. The number of alkyl halides is 3. The van der Waals surface area contributed by atoms with Gasteiger partial charge in [-0.2, -0.15) is 13.2 Å². The van der Waals surface area contributed by atoms with Crippen molar-refractivity contribution in [2.45, 2.75) is 12.6 Å². The van der Waals surface area contributed by atoms with Crippen molar-refractivity contribution < 1.29 is 18.0 Å². The van der Waals surface area contributed by atoms with Crippen LogP contribution in [-0.4, -0.2) is 12.0 Å². The zero-order chi connectivity index (χ0) is 13.6. The summed E-state index contributed by atoms with van der Waals surface area (Å²) in [5.41, 5.74) is 2.36. The molecule has 5 heteroatoms. The molecule has 1 aliphatic carbocycles. The minimum Gasteiger partial charge on any atom is -0.355 e. The quantitative estimate of drug-likeness (QED) is 0.780. The topological polar surface area (TPSA) is 29.1 Å². The third-order valence-electron chi connectivity index (χ3n) is 3.37. The summed E-state index contributed by atoms with van der Waals surface area (Å²) < 4.78 is 38.2. The van der Waals surface area contributed by atoms with Crippen molar-refractivity contribution in [3.8, 4) is 0 Å². The highest BCUT2D eigenvalue weighted by Gasteiger charge is 2.46. The van der Waals surface area contributed by atoms with Crippen molar-refractivity contribution in [2.75, 3.05) is 5.32 Å². The van der Waals surface area contributed by atoms with Gasteiger partial charge in [0.15, 0.2) is 5.78 Å². The summed E-state index contributed by atoms with van der Waals surface area (Å²) in [5, 5.41) is 3.01. The molecule has 1 N–H and O–H groups in total. The van der Waals surface area contributed by atoms with E-state index in [1.165, 1.54) is 6.08 Å². The molecule has 0 bridgehead atoms. The Labute approximate surface area is 107 Å². The van der Waals surface area contributed by atoms with Crippen molar-refractivity contribution in [2.24, 2.45) is 5.92 Å². The van der Waals surface area contributed by atoms with Crippen molar-refractivity contribution in [3.63, 3.8) is 0 Å². The Hall–Kier alpha value is -2.04. The Bertz CT molecular complexity index is 613. The van der Waals surface area contributed by atoms with Gasteiger partial charge in [-0.25, -0.2) is 0 Å². The second-order valence-electron chi connectivity index (χ2n) is 4.59. The van der Waals surface area contributed by atoms with Crippen LogP contribution in [0.5, 0.6) is 0 Å². The van der Waals surface area contributed by atoms with Crippen LogP contribution < -0.4 is 5.32 Å². The number of benzene rings is 1. The summed E-state index contributed by atoms with van der Waals surface area (Å²) in [5.74, 6) is -2.87. The van der Waals surface area contributed by atoms with Gasteiger partial charge in [-0.1, -0.05) is 24.3 Å². The lowest BCUT2D eigenvalue weighted by Crippen LogP contribution is -2.34. The Balaban J connectivity index is 1.98. The molecule has 0 amide bonds. The first-order chi connectivity index (χ1) is 8.97. The number of halogens is 3. The Morgan fingerprint density at radius 1 is 1.21 bits per heavy atom. The molecule has 0 saturated carbocycles. The van der Waals surface area contributed by atoms with Gasteiger partial charge in [0.05, 0.1) is 0 Å². The smallest absolute Gasteiger partial charge is 0.355 e. The highest BCUT2D eigenvalue weighted by Crippen LogP contribution is 2.38. The Kier molecular flexibility index (Phi) is 2.52. The molecule has 3 rings (SSSR count). The molecule has 0 radical (unpaired) electrons. The number of anilines is 1. The van der Waals surface area contributed by atoms with Crippen LogP contribution in [0.2, 0.25) is 0 Å². The van der Waals surface area contributed by atoms with E-state index >= 15 is 0 Å². The largest absolute Gasteiger partial charge is 0.402 e. The zero-order valence-electron chi connectivity index (χ0n) is 9.79. The minimum absolute atomic E-state index is 0.212. The SMILES string of the molecule is O=C1C2=C(C=CC1C(F)(F)F)Nc1ccccc1C2. The van der Waals surface area contributed by atoms with Gasteiger partial charge in [0.2, 0.25) is 0 Å². The summed E-state index contributed by atoms with van der Waals surface area (Å²) in [4.78, 5) is 11.9. The van der Waals surface area contributed by atoms with Crippen LogP contribution >= 0.6 is 0 Å². The van der Waals surface area contributed by atoms with E-state index in [1.807, 2.05) is 12.1 Å². The van der Waals surface area contributed by atoms with E-state index < -0.39 is 17.9 Å². The molecule has 98 valence electrons. The minimum atomic E-state index is -4.52. The van der Waals surface area contributed by atoms with E-state index in [1.54, 1.807) is 12.1 Å². The van der Waals surface area contributed by atoms with E-state index in [2.05, 4.69) is 5.32 Å². The maximum atomic E-state index is 12.7. The lowest BCUT2D eigenvalue weighted by molar-refractivity contribution is -0.169. The second kappa shape index (κ2) is 3.98. The van der Waals surface area contributed by atoms with Crippen LogP contribution in [0, 0.1) is 5.92 Å². The molecule has 0 aromatic heterocycles. The maximum Gasteiger partial charge on any atom is 0.402 e. The number of hydrogen-bond donors (Lipinski definition) is 1. The predicted molar refractivity (Wildman–Crippen MR) is 64.5 cm³/mol. The summed E-state index contributed by atoms with van der Waals surface area (Å²) in [6, 6.07) is 7.29. The molecular weight excluding hydrogens is 255 g/mol. The number of para-hydroxylation sites is 1. The molecule has 1 aliphatic heterocycles. The molecule has 0 spiro atoms. The average molecular weight is 265 g/mol. The Morgan fingerprint density at radius 2 is 1.95 bits per heavy atom. The molecule has 1 heterocycles. The van der Waals surface area contributed by atoms with E-state index in [-0.39, 0.29) is 12.0 Å². The molecule has 1 atom stereocenters. The van der Waals surface area contributed by atoms with Crippen molar-refractivity contribution in [1.82, 2.24) is 0 Å². The summed E-state index contributed by atoms with van der Waals surface area (Å²) in [6.45, 7) is 0. The van der Waals surface area contributed by atoms with Gasteiger partial charge in [0, 0.05) is 23.4 Å². The van der Waals surface area contributed by atoms with Gasteiger partial charge in [-0.05, 0) is 17.7 Å². The number of rotatable bonds is 0. The number of Topliss-reactive ketones (excluding diaryl/α,β-unsaturated/α-hetero) is 1. The first-order valence-electron chi connectivity index (χ1n) is 5.84. The van der Waals surface area contributed by atoms with Crippen LogP contribution in [0.15, 0.2) is 47.7 Å². The van der Waals surface area contributed by atoms with Gasteiger partial charge < -0.3 is 5.32 Å². The van der Waals surface area contributed by atoms with Crippen LogP contribution in [0.4, 0.5) is 18.9 Å². The average Bonchev–Trinajstić information content (AvgIpc) is 2.36. The number of carbonyl (C=O) groups excluding carboxylic acids is 1. The maximum absolute atomic E-state index is 12.7. The van der Waals surface area contributed by atoms with Crippen molar-refractivity contribution >= 4 is 11.5 Å². The van der Waals surface area contributed by atoms with Crippen LogP contribution in [0.1, 0.15) is 5.56 Å². The highest BCUT2D eigenvalue weighted by atomic mass is 19.4. The van der Waals surface area contributed by atoms with E-state index in [0.717, 1.165) is 17.3 Å². The fraction of sp³-hybridized carbons (Fsp3) is 0.214. The van der Waals surface area contributed by atoms with E-state index in [9.17, 15) is 18.0 Å². The number of nitrogens with one attached hydrogen (secondary N) is 1. The zero-order valence-corrected chi connectivity index (χ0v) is 9.79. The number of hydrogen-bond acceptors (Lipinski definition) is 2. The molecule has 2 aliphatic rings. The van der Waals surface area contributed by atoms with Crippen LogP contribution in [-0.2, 0) is 11.2 Å². The normalized spacial score (nSPS) is 21.8. The fourth-order valence-electron chi connectivity index (χ4n) is 2.39. The van der Waals surface area contributed by atoms with Gasteiger partial charge in [0.1, 0.15) is 5.92 Å².